The van der Waals surface area contributed by atoms with Crippen molar-refractivity contribution < 1.29 is 0 Å². The van der Waals surface area contributed by atoms with Gasteiger partial charge in [-0.3, -0.25) is 0 Å². The Bertz CT molecular complexity index is 425. The molecule has 1 aromatic heterocycles. The highest BCUT2D eigenvalue weighted by Gasteiger charge is 2.01. The van der Waals surface area contributed by atoms with E-state index in [1.54, 1.807) is 11.8 Å². The van der Waals surface area contributed by atoms with Gasteiger partial charge in [-0.25, -0.2) is 4.98 Å². The van der Waals surface area contributed by atoms with Crippen LogP contribution in [0, 0.1) is 0 Å². The van der Waals surface area contributed by atoms with E-state index < -0.39 is 0 Å². The molecule has 2 rings (SSSR count). The maximum absolute atomic E-state index is 5.78. The first-order valence-corrected chi connectivity index (χ1v) is 6.24. The van der Waals surface area contributed by atoms with Crippen molar-refractivity contribution in [2.45, 2.75) is 9.24 Å². The van der Waals surface area contributed by atoms with Gasteiger partial charge >= 0.3 is 0 Å². The first kappa shape index (κ1) is 10.3. The normalized spacial score (nSPS) is 10.4. The Hall–Kier alpha value is -0.220. The zero-order valence-corrected chi connectivity index (χ0v) is 10.1. The lowest BCUT2D eigenvalue weighted by molar-refractivity contribution is 1.25. The molecule has 0 aliphatic carbocycles. The quantitative estimate of drug-likeness (QED) is 0.784. The van der Waals surface area contributed by atoms with E-state index in [-0.39, 0.29) is 0 Å². The smallest absolute Gasteiger partial charge is 0.156 e. The van der Waals surface area contributed by atoms with Crippen LogP contribution in [0.5, 0.6) is 0 Å². The number of halogens is 2. The first-order chi connectivity index (χ1) is 6.74. The molecule has 0 N–H and O–H groups in total. The Morgan fingerprint density at radius 3 is 2.43 bits per heavy atom. The average Bonchev–Trinajstić information content (AvgIpc) is 2.56. The molecule has 5 heteroatoms. The summed E-state index contributed by atoms with van der Waals surface area (Å²) in [5.74, 6) is 0. The van der Waals surface area contributed by atoms with Gasteiger partial charge in [0.2, 0.25) is 0 Å². The van der Waals surface area contributed by atoms with E-state index in [4.69, 9.17) is 23.2 Å². The van der Waals surface area contributed by atoms with E-state index in [1.165, 1.54) is 11.3 Å². The van der Waals surface area contributed by atoms with Gasteiger partial charge in [0.25, 0.3) is 0 Å². The van der Waals surface area contributed by atoms with Crippen molar-refractivity contribution in [1.29, 1.82) is 0 Å². The second-order valence-electron chi connectivity index (χ2n) is 2.49. The number of hydrogen-bond acceptors (Lipinski definition) is 3. The fourth-order valence-corrected chi connectivity index (χ4v) is 2.98. The number of rotatable bonds is 2. The Kier molecular flexibility index (Phi) is 3.34. The van der Waals surface area contributed by atoms with Crippen LogP contribution in [-0.2, 0) is 0 Å². The van der Waals surface area contributed by atoms with Crippen molar-refractivity contribution in [2.75, 3.05) is 0 Å². The molecule has 0 bridgehead atoms. The van der Waals surface area contributed by atoms with Crippen LogP contribution in [0.4, 0.5) is 0 Å². The van der Waals surface area contributed by atoms with Crippen LogP contribution in [-0.4, -0.2) is 4.98 Å². The van der Waals surface area contributed by atoms with Crippen molar-refractivity contribution >= 4 is 46.3 Å². The first-order valence-electron chi connectivity index (χ1n) is 3.78. The second-order valence-corrected chi connectivity index (χ2v) is 5.49. The van der Waals surface area contributed by atoms with Crippen LogP contribution >= 0.6 is 46.3 Å². The molecule has 72 valence electrons. The molecule has 0 amide bonds. The SMILES string of the molecule is Clc1ccc(Sc2nc(Cl)cs2)cc1. The Labute approximate surface area is 100 Å². The maximum Gasteiger partial charge on any atom is 0.156 e. The zero-order valence-electron chi connectivity index (χ0n) is 6.91. The van der Waals surface area contributed by atoms with Gasteiger partial charge in [-0.15, -0.1) is 11.3 Å². The van der Waals surface area contributed by atoms with Crippen LogP contribution in [0.2, 0.25) is 10.2 Å². The molecular weight excluding hydrogens is 257 g/mol. The minimum absolute atomic E-state index is 0.548. The van der Waals surface area contributed by atoms with Gasteiger partial charge in [0.15, 0.2) is 4.34 Å². The average molecular weight is 262 g/mol. The molecule has 0 spiro atoms. The van der Waals surface area contributed by atoms with Crippen molar-refractivity contribution in [3.8, 4) is 0 Å². The molecule has 0 saturated carbocycles. The fourth-order valence-electron chi connectivity index (χ4n) is 0.889. The van der Waals surface area contributed by atoms with Gasteiger partial charge < -0.3 is 0 Å². The summed E-state index contributed by atoms with van der Waals surface area (Å²) in [7, 11) is 0. The van der Waals surface area contributed by atoms with Crippen LogP contribution in [0.3, 0.4) is 0 Å². The predicted octanol–water partition coefficient (Wildman–Crippen LogP) is 4.60. The van der Waals surface area contributed by atoms with Gasteiger partial charge in [0.1, 0.15) is 5.15 Å². The molecule has 0 aliphatic heterocycles. The molecule has 1 heterocycles. The number of nitrogens with zero attached hydrogens (tertiary/aromatic N) is 1. The van der Waals surface area contributed by atoms with Crippen molar-refractivity contribution in [3.63, 3.8) is 0 Å². The van der Waals surface area contributed by atoms with Gasteiger partial charge in [-0.05, 0) is 24.3 Å². The Balaban J connectivity index is 2.15. The van der Waals surface area contributed by atoms with E-state index >= 15 is 0 Å². The third kappa shape index (κ3) is 2.64. The van der Waals surface area contributed by atoms with Crippen LogP contribution in [0.1, 0.15) is 0 Å². The molecule has 0 saturated heterocycles. The van der Waals surface area contributed by atoms with Gasteiger partial charge in [-0.2, -0.15) is 0 Å². The lowest BCUT2D eigenvalue weighted by Crippen LogP contribution is -1.71. The zero-order chi connectivity index (χ0) is 9.97. The summed E-state index contributed by atoms with van der Waals surface area (Å²) in [6, 6.07) is 7.64. The van der Waals surface area contributed by atoms with E-state index in [1.807, 2.05) is 29.6 Å². The van der Waals surface area contributed by atoms with Crippen LogP contribution < -0.4 is 0 Å². The number of hydrogen-bond donors (Lipinski definition) is 0. The highest BCUT2D eigenvalue weighted by molar-refractivity contribution is 8.01. The largest absolute Gasteiger partial charge is 0.218 e. The van der Waals surface area contributed by atoms with Gasteiger partial charge in [0, 0.05) is 15.3 Å². The van der Waals surface area contributed by atoms with Gasteiger partial charge in [0.05, 0.1) is 0 Å². The van der Waals surface area contributed by atoms with Crippen molar-refractivity contribution in [3.05, 3.63) is 39.8 Å². The summed E-state index contributed by atoms with van der Waals surface area (Å²) in [6.07, 6.45) is 0. The molecule has 0 atom stereocenters. The highest BCUT2D eigenvalue weighted by Crippen LogP contribution is 2.31. The van der Waals surface area contributed by atoms with Crippen molar-refractivity contribution in [2.24, 2.45) is 0 Å². The summed E-state index contributed by atoms with van der Waals surface area (Å²) in [5.41, 5.74) is 0. The van der Waals surface area contributed by atoms with E-state index in [0.29, 0.717) is 5.15 Å². The third-order valence-corrected chi connectivity index (χ3v) is 4.00. The second kappa shape index (κ2) is 4.53. The van der Waals surface area contributed by atoms with Gasteiger partial charge in [-0.1, -0.05) is 35.0 Å². The molecule has 0 unspecified atom stereocenters. The molecule has 1 aromatic carbocycles. The summed E-state index contributed by atoms with van der Waals surface area (Å²) in [6.45, 7) is 0. The van der Waals surface area contributed by atoms with Crippen molar-refractivity contribution in [1.82, 2.24) is 4.98 Å². The molecule has 0 radical (unpaired) electrons. The predicted molar refractivity (Wildman–Crippen MR) is 62.7 cm³/mol. The highest BCUT2D eigenvalue weighted by atomic mass is 35.5. The number of aromatic nitrogens is 1. The van der Waals surface area contributed by atoms with Crippen LogP contribution in [0.25, 0.3) is 0 Å². The monoisotopic (exact) mass is 261 g/mol. The minimum atomic E-state index is 0.548. The van der Waals surface area contributed by atoms with E-state index in [2.05, 4.69) is 4.98 Å². The van der Waals surface area contributed by atoms with E-state index in [9.17, 15) is 0 Å². The fraction of sp³-hybridized carbons (Fsp3) is 0. The van der Waals surface area contributed by atoms with E-state index in [0.717, 1.165) is 14.3 Å². The number of benzene rings is 1. The Morgan fingerprint density at radius 2 is 1.86 bits per heavy atom. The molecule has 14 heavy (non-hydrogen) atoms. The topological polar surface area (TPSA) is 12.9 Å². The summed E-state index contributed by atoms with van der Waals surface area (Å²) in [5, 5.41) is 3.11. The van der Waals surface area contributed by atoms with Crippen LogP contribution in [0.15, 0.2) is 38.9 Å². The summed E-state index contributed by atoms with van der Waals surface area (Å²) in [4.78, 5) is 5.25. The third-order valence-electron chi connectivity index (χ3n) is 1.47. The minimum Gasteiger partial charge on any atom is -0.218 e. The molecular formula is C9H5Cl2NS2. The summed E-state index contributed by atoms with van der Waals surface area (Å²) >= 11 is 14.6. The standard InChI is InChI=1S/C9H5Cl2NS2/c10-6-1-3-7(4-2-6)14-9-12-8(11)5-13-9/h1-5H. The number of thiazole rings is 1. The Morgan fingerprint density at radius 1 is 1.14 bits per heavy atom. The summed E-state index contributed by atoms with van der Waals surface area (Å²) < 4.78 is 0.942. The molecule has 1 nitrogen and oxygen atoms in total. The lowest BCUT2D eigenvalue weighted by atomic mass is 10.4. The lowest BCUT2D eigenvalue weighted by Gasteiger charge is -1.96. The molecule has 2 aromatic rings. The maximum atomic E-state index is 5.78. The molecule has 0 aliphatic rings. The molecule has 0 fully saturated rings.